The van der Waals surface area contributed by atoms with E-state index in [0.717, 1.165) is 0 Å². The van der Waals surface area contributed by atoms with Crippen LogP contribution in [0.25, 0.3) is 0 Å². The Morgan fingerprint density at radius 1 is 1.23 bits per heavy atom. The van der Waals surface area contributed by atoms with Crippen molar-refractivity contribution in [3.8, 4) is 11.5 Å². The van der Waals surface area contributed by atoms with Gasteiger partial charge in [0, 0.05) is 29.8 Å². The molecule has 1 N–H and O–H groups in total. The van der Waals surface area contributed by atoms with Gasteiger partial charge >= 0.3 is 0 Å². The predicted molar refractivity (Wildman–Crippen MR) is 100 cm³/mol. The first-order chi connectivity index (χ1) is 12.5. The number of hydrogen-bond donors (Lipinski definition) is 1. The molecular weight excluding hydrogens is 398 g/mol. The third-order valence-corrected chi connectivity index (χ3v) is 7.29. The fraction of sp³-hybridized carbons (Fsp3) is 0.353. The highest BCUT2D eigenvalue weighted by molar-refractivity contribution is 7.91. The van der Waals surface area contributed by atoms with E-state index in [0.29, 0.717) is 29.6 Å². The van der Waals surface area contributed by atoms with Gasteiger partial charge in [-0.15, -0.1) is 22.9 Å². The number of fused-ring (bicyclic) bond motifs is 1. The highest BCUT2D eigenvalue weighted by Gasteiger charge is 2.31. The Kier molecular flexibility index (Phi) is 6.05. The SMILES string of the molecule is O=C(CCCl)NC[C@@H](c1cccs1)S(=O)(=O)c1ccc2c(c1)OCCO2. The summed E-state index contributed by atoms with van der Waals surface area (Å²) in [6, 6.07) is 8.11. The van der Waals surface area contributed by atoms with Crippen LogP contribution in [-0.2, 0) is 14.6 Å². The summed E-state index contributed by atoms with van der Waals surface area (Å²) in [6.45, 7) is 0.788. The monoisotopic (exact) mass is 415 g/mol. The highest BCUT2D eigenvalue weighted by atomic mass is 35.5. The Labute approximate surface area is 161 Å². The van der Waals surface area contributed by atoms with Crippen molar-refractivity contribution in [1.29, 1.82) is 0 Å². The summed E-state index contributed by atoms with van der Waals surface area (Å²) in [5, 5.41) is 3.58. The number of thiophene rings is 1. The number of halogens is 1. The van der Waals surface area contributed by atoms with Crippen LogP contribution in [0.4, 0.5) is 0 Å². The minimum atomic E-state index is -3.74. The first-order valence-corrected chi connectivity index (χ1v) is 11.0. The van der Waals surface area contributed by atoms with Crippen molar-refractivity contribution in [2.45, 2.75) is 16.6 Å². The predicted octanol–water partition coefficient (Wildman–Crippen LogP) is 2.78. The van der Waals surface area contributed by atoms with Crippen molar-refractivity contribution in [2.24, 2.45) is 0 Å². The van der Waals surface area contributed by atoms with Gasteiger partial charge < -0.3 is 14.8 Å². The number of rotatable bonds is 7. The first-order valence-electron chi connectivity index (χ1n) is 8.02. The smallest absolute Gasteiger partial charge is 0.221 e. The van der Waals surface area contributed by atoms with Gasteiger partial charge in [-0.3, -0.25) is 4.79 Å². The first kappa shape index (κ1) is 19.0. The molecular formula is C17H18ClNO5S2. The molecule has 2 aromatic rings. The molecule has 140 valence electrons. The van der Waals surface area contributed by atoms with E-state index in [1.165, 1.54) is 23.5 Å². The summed E-state index contributed by atoms with van der Waals surface area (Å²) in [5.41, 5.74) is 0. The number of sulfone groups is 1. The second-order valence-electron chi connectivity index (χ2n) is 5.60. The Hall–Kier alpha value is -1.77. The molecule has 1 amide bonds. The van der Waals surface area contributed by atoms with Crippen molar-refractivity contribution in [3.63, 3.8) is 0 Å². The molecule has 9 heteroatoms. The summed E-state index contributed by atoms with van der Waals surface area (Å²) in [4.78, 5) is 12.5. The number of nitrogens with one attached hydrogen (secondary N) is 1. The zero-order chi connectivity index (χ0) is 18.6. The number of carbonyl (C=O) groups is 1. The molecule has 1 aliphatic rings. The number of ether oxygens (including phenoxy) is 2. The summed E-state index contributed by atoms with van der Waals surface area (Å²) in [6.07, 6.45) is 0.142. The van der Waals surface area contributed by atoms with Gasteiger partial charge in [-0.1, -0.05) is 6.07 Å². The molecule has 0 bridgehead atoms. The molecule has 1 aromatic heterocycles. The maximum Gasteiger partial charge on any atom is 0.221 e. The quantitative estimate of drug-likeness (QED) is 0.703. The van der Waals surface area contributed by atoms with Crippen LogP contribution in [0.5, 0.6) is 11.5 Å². The third-order valence-electron chi connectivity index (χ3n) is 3.88. The molecule has 0 unspecified atom stereocenters. The largest absolute Gasteiger partial charge is 0.486 e. The van der Waals surface area contributed by atoms with Crippen molar-refractivity contribution in [2.75, 3.05) is 25.6 Å². The van der Waals surface area contributed by atoms with Crippen LogP contribution in [0.15, 0.2) is 40.6 Å². The Bertz CT molecular complexity index is 867. The van der Waals surface area contributed by atoms with Crippen LogP contribution in [0.3, 0.4) is 0 Å². The lowest BCUT2D eigenvalue weighted by molar-refractivity contribution is -0.120. The zero-order valence-corrected chi connectivity index (χ0v) is 16.2. The zero-order valence-electron chi connectivity index (χ0n) is 13.8. The second kappa shape index (κ2) is 8.28. The Morgan fingerprint density at radius 2 is 2.00 bits per heavy atom. The molecule has 1 aliphatic heterocycles. The molecule has 0 saturated heterocycles. The lowest BCUT2D eigenvalue weighted by Crippen LogP contribution is -2.31. The van der Waals surface area contributed by atoms with E-state index in [9.17, 15) is 13.2 Å². The summed E-state index contributed by atoms with van der Waals surface area (Å²) >= 11 is 6.90. The second-order valence-corrected chi connectivity index (χ2v) is 9.09. The average molecular weight is 416 g/mol. The molecule has 0 spiro atoms. The minimum Gasteiger partial charge on any atom is -0.486 e. The van der Waals surface area contributed by atoms with E-state index >= 15 is 0 Å². The summed E-state index contributed by atoms with van der Waals surface area (Å²) in [5.74, 6) is 0.843. The third kappa shape index (κ3) is 4.13. The molecule has 0 aliphatic carbocycles. The standard InChI is InChI=1S/C17H18ClNO5S2/c18-6-5-17(20)19-11-16(15-2-1-9-25-15)26(21,22)12-3-4-13-14(10-12)24-8-7-23-13/h1-4,9-10,16H,5-8,11H2,(H,19,20)/t16-/m0/s1. The summed E-state index contributed by atoms with van der Waals surface area (Å²) < 4.78 is 37.4. The van der Waals surface area contributed by atoms with Gasteiger partial charge in [0.1, 0.15) is 18.5 Å². The lowest BCUT2D eigenvalue weighted by Gasteiger charge is -2.21. The van der Waals surface area contributed by atoms with Crippen LogP contribution in [0.2, 0.25) is 0 Å². The molecule has 6 nitrogen and oxygen atoms in total. The minimum absolute atomic E-state index is 0.0208. The van der Waals surface area contributed by atoms with E-state index in [1.54, 1.807) is 18.2 Å². The van der Waals surface area contributed by atoms with Crippen LogP contribution in [0.1, 0.15) is 16.5 Å². The molecule has 3 rings (SSSR count). The maximum atomic E-state index is 13.2. The van der Waals surface area contributed by atoms with Crippen LogP contribution >= 0.6 is 22.9 Å². The van der Waals surface area contributed by atoms with E-state index in [-0.39, 0.29) is 29.6 Å². The topological polar surface area (TPSA) is 81.7 Å². The molecule has 2 heterocycles. The normalized spacial score (nSPS) is 14.7. The van der Waals surface area contributed by atoms with Crippen molar-refractivity contribution >= 4 is 38.7 Å². The van der Waals surface area contributed by atoms with Crippen LogP contribution in [0, 0.1) is 0 Å². The van der Waals surface area contributed by atoms with Gasteiger partial charge in [-0.2, -0.15) is 0 Å². The fourth-order valence-corrected chi connectivity index (χ4v) is 5.55. The number of alkyl halides is 1. The Morgan fingerprint density at radius 3 is 2.69 bits per heavy atom. The number of carbonyl (C=O) groups excluding carboxylic acids is 1. The molecule has 1 atom stereocenters. The lowest BCUT2D eigenvalue weighted by atomic mass is 10.3. The molecule has 0 saturated carbocycles. The van der Waals surface area contributed by atoms with E-state index < -0.39 is 15.1 Å². The van der Waals surface area contributed by atoms with Gasteiger partial charge in [0.2, 0.25) is 5.91 Å². The Balaban J connectivity index is 1.90. The fourth-order valence-electron chi connectivity index (χ4n) is 2.58. The van der Waals surface area contributed by atoms with E-state index in [4.69, 9.17) is 21.1 Å². The van der Waals surface area contributed by atoms with E-state index in [1.807, 2.05) is 5.38 Å². The average Bonchev–Trinajstić information content (AvgIpc) is 3.15. The molecule has 26 heavy (non-hydrogen) atoms. The van der Waals surface area contributed by atoms with Gasteiger partial charge in [-0.25, -0.2) is 8.42 Å². The molecule has 1 aromatic carbocycles. The van der Waals surface area contributed by atoms with Crippen molar-refractivity contribution < 1.29 is 22.7 Å². The van der Waals surface area contributed by atoms with Gasteiger partial charge in [-0.05, 0) is 23.6 Å². The van der Waals surface area contributed by atoms with Crippen LogP contribution < -0.4 is 14.8 Å². The molecule has 0 radical (unpaired) electrons. The van der Waals surface area contributed by atoms with Gasteiger partial charge in [0.25, 0.3) is 0 Å². The molecule has 0 fully saturated rings. The number of amides is 1. The van der Waals surface area contributed by atoms with Crippen molar-refractivity contribution in [1.82, 2.24) is 5.32 Å². The van der Waals surface area contributed by atoms with Gasteiger partial charge in [0.15, 0.2) is 21.3 Å². The number of hydrogen-bond acceptors (Lipinski definition) is 6. The van der Waals surface area contributed by atoms with Crippen molar-refractivity contribution in [3.05, 3.63) is 40.6 Å². The summed E-state index contributed by atoms with van der Waals surface area (Å²) in [7, 11) is -3.74. The van der Waals surface area contributed by atoms with Gasteiger partial charge in [0.05, 0.1) is 4.90 Å². The highest BCUT2D eigenvalue weighted by Crippen LogP contribution is 2.37. The maximum absolute atomic E-state index is 13.2. The van der Waals surface area contributed by atoms with Crippen LogP contribution in [-0.4, -0.2) is 40.0 Å². The van der Waals surface area contributed by atoms with E-state index in [2.05, 4.69) is 5.32 Å². The number of benzene rings is 1.